The molecule has 0 aromatic carbocycles. The SMILES string of the molecule is C=C(Br)CNC(=O)Cc1ccncc1. The maximum absolute atomic E-state index is 11.3. The number of hydrogen-bond acceptors (Lipinski definition) is 2. The third kappa shape index (κ3) is 4.18. The number of halogens is 1. The molecule has 1 aromatic rings. The average molecular weight is 255 g/mol. The largest absolute Gasteiger partial charge is 0.351 e. The van der Waals surface area contributed by atoms with Crippen LogP contribution in [0.2, 0.25) is 0 Å². The molecule has 0 saturated heterocycles. The highest BCUT2D eigenvalue weighted by atomic mass is 79.9. The number of amides is 1. The molecule has 0 radical (unpaired) electrons. The van der Waals surface area contributed by atoms with E-state index >= 15 is 0 Å². The van der Waals surface area contributed by atoms with Crippen molar-refractivity contribution >= 4 is 21.8 Å². The van der Waals surface area contributed by atoms with Gasteiger partial charge in [-0.1, -0.05) is 22.5 Å². The normalized spacial score (nSPS) is 9.50. The summed E-state index contributed by atoms with van der Waals surface area (Å²) in [6.45, 7) is 4.09. The lowest BCUT2D eigenvalue weighted by Gasteiger charge is -2.03. The second-order valence-electron chi connectivity index (χ2n) is 2.83. The number of carbonyl (C=O) groups is 1. The maximum atomic E-state index is 11.3. The lowest BCUT2D eigenvalue weighted by Crippen LogP contribution is -2.25. The second-order valence-corrected chi connectivity index (χ2v) is 3.95. The highest BCUT2D eigenvalue weighted by molar-refractivity contribution is 9.11. The van der Waals surface area contributed by atoms with Gasteiger partial charge in [0.15, 0.2) is 0 Å². The molecule has 1 rings (SSSR count). The van der Waals surface area contributed by atoms with E-state index < -0.39 is 0 Å². The molecule has 0 atom stereocenters. The molecule has 74 valence electrons. The standard InChI is InChI=1S/C10H11BrN2O/c1-8(11)7-13-10(14)6-9-2-4-12-5-3-9/h2-5H,1,6-7H2,(H,13,14). The van der Waals surface area contributed by atoms with Crippen LogP contribution in [0.25, 0.3) is 0 Å². The van der Waals surface area contributed by atoms with Crippen molar-refractivity contribution in [3.05, 3.63) is 41.2 Å². The van der Waals surface area contributed by atoms with Crippen LogP contribution in [0.5, 0.6) is 0 Å². The first-order valence-electron chi connectivity index (χ1n) is 4.17. The molecule has 0 bridgehead atoms. The van der Waals surface area contributed by atoms with Crippen LogP contribution < -0.4 is 5.32 Å². The first-order chi connectivity index (χ1) is 6.68. The molecule has 0 spiro atoms. The molecule has 0 aliphatic rings. The molecule has 1 amide bonds. The molecule has 0 saturated carbocycles. The summed E-state index contributed by atoms with van der Waals surface area (Å²) in [7, 11) is 0. The summed E-state index contributed by atoms with van der Waals surface area (Å²) in [6, 6.07) is 3.64. The topological polar surface area (TPSA) is 42.0 Å². The molecule has 1 heterocycles. The number of hydrogen-bond donors (Lipinski definition) is 1. The minimum Gasteiger partial charge on any atom is -0.351 e. The highest BCUT2D eigenvalue weighted by Gasteiger charge is 2.01. The Morgan fingerprint density at radius 2 is 2.14 bits per heavy atom. The molecule has 0 unspecified atom stereocenters. The van der Waals surface area contributed by atoms with E-state index in [2.05, 4.69) is 32.8 Å². The summed E-state index contributed by atoms with van der Waals surface area (Å²) >= 11 is 3.17. The lowest BCUT2D eigenvalue weighted by molar-refractivity contribution is -0.120. The van der Waals surface area contributed by atoms with E-state index in [1.165, 1.54) is 0 Å². The minimum atomic E-state index is -0.0169. The third-order valence-corrected chi connectivity index (χ3v) is 1.87. The van der Waals surface area contributed by atoms with Crippen molar-refractivity contribution in [2.45, 2.75) is 6.42 Å². The predicted octanol–water partition coefficient (Wildman–Crippen LogP) is 1.65. The highest BCUT2D eigenvalue weighted by Crippen LogP contribution is 1.99. The third-order valence-electron chi connectivity index (χ3n) is 1.59. The van der Waals surface area contributed by atoms with Gasteiger partial charge in [0.05, 0.1) is 6.42 Å². The van der Waals surface area contributed by atoms with Crippen LogP contribution in [0, 0.1) is 0 Å². The fourth-order valence-electron chi connectivity index (χ4n) is 0.943. The number of aromatic nitrogens is 1. The van der Waals surface area contributed by atoms with Gasteiger partial charge in [0.2, 0.25) is 5.91 Å². The number of rotatable bonds is 4. The van der Waals surface area contributed by atoms with E-state index in [1.807, 2.05) is 12.1 Å². The van der Waals surface area contributed by atoms with Gasteiger partial charge in [0.25, 0.3) is 0 Å². The second kappa shape index (κ2) is 5.54. The van der Waals surface area contributed by atoms with Crippen molar-refractivity contribution in [3.8, 4) is 0 Å². The van der Waals surface area contributed by atoms with Crippen LogP contribution in [0.1, 0.15) is 5.56 Å². The summed E-state index contributed by atoms with van der Waals surface area (Å²) in [5, 5.41) is 2.72. The van der Waals surface area contributed by atoms with E-state index in [0.29, 0.717) is 13.0 Å². The van der Waals surface area contributed by atoms with E-state index in [-0.39, 0.29) is 5.91 Å². The van der Waals surface area contributed by atoms with Crippen molar-refractivity contribution in [1.29, 1.82) is 0 Å². The molecule has 14 heavy (non-hydrogen) atoms. The van der Waals surface area contributed by atoms with Crippen molar-refractivity contribution in [1.82, 2.24) is 10.3 Å². The Balaban J connectivity index is 2.38. The number of pyridine rings is 1. The fourth-order valence-corrected chi connectivity index (χ4v) is 1.08. The Kier molecular flexibility index (Phi) is 4.32. The van der Waals surface area contributed by atoms with E-state index in [1.54, 1.807) is 12.4 Å². The molecular weight excluding hydrogens is 244 g/mol. The zero-order valence-electron chi connectivity index (χ0n) is 7.66. The van der Waals surface area contributed by atoms with Gasteiger partial charge in [0, 0.05) is 23.4 Å². The molecule has 3 nitrogen and oxygen atoms in total. The molecule has 0 aliphatic heterocycles. The van der Waals surface area contributed by atoms with Crippen molar-refractivity contribution in [2.24, 2.45) is 0 Å². The summed E-state index contributed by atoms with van der Waals surface area (Å²) in [5.74, 6) is -0.0169. The lowest BCUT2D eigenvalue weighted by atomic mass is 10.2. The van der Waals surface area contributed by atoms with Gasteiger partial charge >= 0.3 is 0 Å². The average Bonchev–Trinajstić information content (AvgIpc) is 2.16. The zero-order valence-corrected chi connectivity index (χ0v) is 9.25. The number of carbonyl (C=O) groups excluding carboxylic acids is 1. The van der Waals surface area contributed by atoms with Gasteiger partial charge in [-0.3, -0.25) is 9.78 Å². The zero-order chi connectivity index (χ0) is 10.4. The number of nitrogens with zero attached hydrogens (tertiary/aromatic N) is 1. The molecule has 4 heteroatoms. The van der Waals surface area contributed by atoms with Crippen LogP contribution in [-0.2, 0) is 11.2 Å². The summed E-state index contributed by atoms with van der Waals surface area (Å²) < 4.78 is 0.764. The quantitative estimate of drug-likeness (QED) is 0.888. The van der Waals surface area contributed by atoms with E-state index in [0.717, 1.165) is 10.0 Å². The molecule has 0 fully saturated rings. The van der Waals surface area contributed by atoms with Gasteiger partial charge in [-0.2, -0.15) is 0 Å². The van der Waals surface area contributed by atoms with Gasteiger partial charge in [-0.05, 0) is 17.7 Å². The Labute approximate surface area is 91.4 Å². The summed E-state index contributed by atoms with van der Waals surface area (Å²) in [6.07, 6.45) is 3.72. The van der Waals surface area contributed by atoms with E-state index in [4.69, 9.17) is 0 Å². The van der Waals surface area contributed by atoms with E-state index in [9.17, 15) is 4.79 Å². The Morgan fingerprint density at radius 3 is 2.71 bits per heavy atom. The van der Waals surface area contributed by atoms with Crippen LogP contribution in [0.4, 0.5) is 0 Å². The summed E-state index contributed by atoms with van der Waals surface area (Å²) in [4.78, 5) is 15.2. The van der Waals surface area contributed by atoms with Gasteiger partial charge < -0.3 is 5.32 Å². The smallest absolute Gasteiger partial charge is 0.224 e. The molecular formula is C10H11BrN2O. The van der Waals surface area contributed by atoms with Crippen molar-refractivity contribution in [3.63, 3.8) is 0 Å². The summed E-state index contributed by atoms with van der Waals surface area (Å²) in [5.41, 5.74) is 0.956. The number of nitrogens with one attached hydrogen (secondary N) is 1. The van der Waals surface area contributed by atoms with Crippen molar-refractivity contribution < 1.29 is 4.79 Å². The van der Waals surface area contributed by atoms with Crippen molar-refractivity contribution in [2.75, 3.05) is 6.54 Å². The van der Waals surface area contributed by atoms with Crippen LogP contribution in [0.3, 0.4) is 0 Å². The van der Waals surface area contributed by atoms with Crippen LogP contribution in [-0.4, -0.2) is 17.4 Å². The fraction of sp³-hybridized carbons (Fsp3) is 0.200. The maximum Gasteiger partial charge on any atom is 0.224 e. The molecule has 1 N–H and O–H groups in total. The van der Waals surface area contributed by atoms with Gasteiger partial charge in [0.1, 0.15) is 0 Å². The monoisotopic (exact) mass is 254 g/mol. The first kappa shape index (κ1) is 10.9. The molecule has 1 aromatic heterocycles. The Morgan fingerprint density at radius 1 is 1.50 bits per heavy atom. The van der Waals surface area contributed by atoms with Gasteiger partial charge in [-0.25, -0.2) is 0 Å². The van der Waals surface area contributed by atoms with Gasteiger partial charge in [-0.15, -0.1) is 0 Å². The Bertz CT molecular complexity index is 324. The van der Waals surface area contributed by atoms with Crippen LogP contribution >= 0.6 is 15.9 Å². The van der Waals surface area contributed by atoms with Crippen LogP contribution in [0.15, 0.2) is 35.6 Å². The molecule has 0 aliphatic carbocycles. The first-order valence-corrected chi connectivity index (χ1v) is 4.96. The Hall–Kier alpha value is -1.16. The predicted molar refractivity (Wildman–Crippen MR) is 59.0 cm³/mol. The minimum absolute atomic E-state index is 0.0169.